The molecule has 0 radical (unpaired) electrons. The van der Waals surface area contributed by atoms with Crippen molar-refractivity contribution in [3.63, 3.8) is 0 Å². The molecule has 1 aromatic heterocycles. The summed E-state index contributed by atoms with van der Waals surface area (Å²) >= 11 is 1.74. The Kier molecular flexibility index (Phi) is 4.59. The van der Waals surface area contributed by atoms with Crippen molar-refractivity contribution < 1.29 is 0 Å². The Morgan fingerprint density at radius 2 is 1.94 bits per heavy atom. The Bertz CT molecular complexity index is 500. The van der Waals surface area contributed by atoms with Crippen LogP contribution in [0.25, 0.3) is 0 Å². The SMILES string of the molecule is CCNc1nc(C)cc(SCc2ccccc2)n1. The van der Waals surface area contributed by atoms with E-state index in [9.17, 15) is 0 Å². The molecule has 0 bridgehead atoms. The third-order valence-corrected chi connectivity index (χ3v) is 3.38. The van der Waals surface area contributed by atoms with Crippen LogP contribution in [0, 0.1) is 6.92 Å². The molecule has 0 aliphatic carbocycles. The van der Waals surface area contributed by atoms with E-state index in [0.29, 0.717) is 5.95 Å². The molecular formula is C14H17N3S. The van der Waals surface area contributed by atoms with Gasteiger partial charge in [0.2, 0.25) is 5.95 Å². The van der Waals surface area contributed by atoms with Crippen molar-refractivity contribution in [3.8, 4) is 0 Å². The summed E-state index contributed by atoms with van der Waals surface area (Å²) in [5.74, 6) is 1.65. The van der Waals surface area contributed by atoms with E-state index in [1.807, 2.05) is 26.0 Å². The van der Waals surface area contributed by atoms with Crippen molar-refractivity contribution in [2.24, 2.45) is 0 Å². The Hall–Kier alpha value is -1.55. The molecule has 0 fully saturated rings. The summed E-state index contributed by atoms with van der Waals surface area (Å²) in [5.41, 5.74) is 2.31. The van der Waals surface area contributed by atoms with Gasteiger partial charge in [-0.05, 0) is 25.5 Å². The van der Waals surface area contributed by atoms with E-state index in [1.54, 1.807) is 11.8 Å². The first-order chi connectivity index (χ1) is 8.78. The van der Waals surface area contributed by atoms with Crippen molar-refractivity contribution in [1.29, 1.82) is 0 Å². The number of hydrogen-bond acceptors (Lipinski definition) is 4. The van der Waals surface area contributed by atoms with Gasteiger partial charge in [0.15, 0.2) is 0 Å². The fourth-order valence-corrected chi connectivity index (χ4v) is 2.49. The molecule has 2 aromatic rings. The fourth-order valence-electron chi connectivity index (χ4n) is 1.58. The van der Waals surface area contributed by atoms with Crippen LogP contribution in [0.1, 0.15) is 18.2 Å². The summed E-state index contributed by atoms with van der Waals surface area (Å²) < 4.78 is 0. The first-order valence-corrected chi connectivity index (χ1v) is 7.03. The van der Waals surface area contributed by atoms with Crippen LogP contribution in [0.2, 0.25) is 0 Å². The second-order valence-corrected chi connectivity index (χ2v) is 4.97. The summed E-state index contributed by atoms with van der Waals surface area (Å²) in [6, 6.07) is 12.4. The molecule has 0 saturated carbocycles. The Balaban J connectivity index is 2.05. The number of nitrogens with one attached hydrogen (secondary N) is 1. The van der Waals surface area contributed by atoms with E-state index >= 15 is 0 Å². The Labute approximate surface area is 112 Å². The molecule has 0 saturated heterocycles. The molecule has 1 heterocycles. The number of anilines is 1. The largest absolute Gasteiger partial charge is 0.354 e. The summed E-state index contributed by atoms with van der Waals surface area (Å²) in [5, 5.41) is 4.17. The number of thioether (sulfide) groups is 1. The van der Waals surface area contributed by atoms with Crippen LogP contribution < -0.4 is 5.32 Å². The van der Waals surface area contributed by atoms with Gasteiger partial charge in [-0.3, -0.25) is 0 Å². The lowest BCUT2D eigenvalue weighted by Gasteiger charge is -2.06. The zero-order chi connectivity index (χ0) is 12.8. The molecule has 0 unspecified atom stereocenters. The maximum absolute atomic E-state index is 4.48. The maximum Gasteiger partial charge on any atom is 0.223 e. The van der Waals surface area contributed by atoms with Crippen LogP contribution in [-0.4, -0.2) is 16.5 Å². The van der Waals surface area contributed by atoms with Crippen molar-refractivity contribution >= 4 is 17.7 Å². The average molecular weight is 259 g/mol. The van der Waals surface area contributed by atoms with Crippen LogP contribution in [0.15, 0.2) is 41.4 Å². The van der Waals surface area contributed by atoms with Crippen LogP contribution in [0.4, 0.5) is 5.95 Å². The normalized spacial score (nSPS) is 10.3. The Morgan fingerprint density at radius 1 is 1.17 bits per heavy atom. The van der Waals surface area contributed by atoms with E-state index in [2.05, 4.69) is 39.6 Å². The van der Waals surface area contributed by atoms with Gasteiger partial charge in [0.25, 0.3) is 0 Å². The van der Waals surface area contributed by atoms with Gasteiger partial charge in [-0.15, -0.1) is 11.8 Å². The van der Waals surface area contributed by atoms with E-state index in [0.717, 1.165) is 23.0 Å². The molecule has 0 amide bonds. The maximum atomic E-state index is 4.48. The van der Waals surface area contributed by atoms with Gasteiger partial charge in [0.05, 0.1) is 0 Å². The van der Waals surface area contributed by atoms with Crippen molar-refractivity contribution in [2.45, 2.75) is 24.6 Å². The second kappa shape index (κ2) is 6.40. The molecule has 18 heavy (non-hydrogen) atoms. The molecule has 0 aliphatic heterocycles. The minimum absolute atomic E-state index is 0.716. The minimum Gasteiger partial charge on any atom is -0.354 e. The fraction of sp³-hybridized carbons (Fsp3) is 0.286. The number of rotatable bonds is 5. The van der Waals surface area contributed by atoms with E-state index in [1.165, 1.54) is 5.56 Å². The zero-order valence-corrected chi connectivity index (χ0v) is 11.5. The molecule has 2 rings (SSSR count). The van der Waals surface area contributed by atoms with Gasteiger partial charge in [-0.25, -0.2) is 9.97 Å². The van der Waals surface area contributed by atoms with Crippen molar-refractivity contribution in [3.05, 3.63) is 47.7 Å². The summed E-state index contributed by atoms with van der Waals surface area (Å²) in [6.45, 7) is 4.88. The predicted molar refractivity (Wildman–Crippen MR) is 76.9 cm³/mol. The smallest absolute Gasteiger partial charge is 0.223 e. The summed E-state index contributed by atoms with van der Waals surface area (Å²) in [4.78, 5) is 8.82. The minimum atomic E-state index is 0.716. The summed E-state index contributed by atoms with van der Waals surface area (Å²) in [7, 11) is 0. The molecule has 94 valence electrons. The lowest BCUT2D eigenvalue weighted by molar-refractivity contribution is 0.984. The number of hydrogen-bond donors (Lipinski definition) is 1. The zero-order valence-electron chi connectivity index (χ0n) is 10.7. The van der Waals surface area contributed by atoms with Gasteiger partial charge in [-0.2, -0.15) is 0 Å². The molecule has 0 aliphatic rings. The van der Waals surface area contributed by atoms with Gasteiger partial charge in [0, 0.05) is 18.0 Å². The molecule has 0 atom stereocenters. The van der Waals surface area contributed by atoms with Gasteiger partial charge < -0.3 is 5.32 Å². The highest BCUT2D eigenvalue weighted by Crippen LogP contribution is 2.22. The first kappa shape index (κ1) is 12.9. The summed E-state index contributed by atoms with van der Waals surface area (Å²) in [6.07, 6.45) is 0. The van der Waals surface area contributed by atoms with E-state index in [4.69, 9.17) is 0 Å². The van der Waals surface area contributed by atoms with Crippen LogP contribution >= 0.6 is 11.8 Å². The number of nitrogens with zero attached hydrogens (tertiary/aromatic N) is 2. The van der Waals surface area contributed by atoms with Gasteiger partial charge >= 0.3 is 0 Å². The lowest BCUT2D eigenvalue weighted by atomic mass is 10.2. The first-order valence-electron chi connectivity index (χ1n) is 6.04. The highest BCUT2D eigenvalue weighted by molar-refractivity contribution is 7.98. The average Bonchev–Trinajstić information content (AvgIpc) is 2.37. The number of benzene rings is 1. The highest BCUT2D eigenvalue weighted by Gasteiger charge is 2.02. The number of aromatic nitrogens is 2. The van der Waals surface area contributed by atoms with Crippen molar-refractivity contribution in [1.82, 2.24) is 9.97 Å². The second-order valence-electron chi connectivity index (χ2n) is 3.98. The standard InChI is InChI=1S/C14H17N3S/c1-3-15-14-16-11(2)9-13(17-14)18-10-12-7-5-4-6-8-12/h4-9H,3,10H2,1-2H3,(H,15,16,17). The predicted octanol–water partition coefficient (Wildman–Crippen LogP) is 3.51. The van der Waals surface area contributed by atoms with Crippen LogP contribution in [-0.2, 0) is 5.75 Å². The molecule has 3 nitrogen and oxygen atoms in total. The topological polar surface area (TPSA) is 37.8 Å². The van der Waals surface area contributed by atoms with Gasteiger partial charge in [0.1, 0.15) is 5.03 Å². The molecule has 0 spiro atoms. The van der Waals surface area contributed by atoms with Gasteiger partial charge in [-0.1, -0.05) is 30.3 Å². The molecule has 1 N–H and O–H groups in total. The quantitative estimate of drug-likeness (QED) is 0.658. The molecule has 4 heteroatoms. The van der Waals surface area contributed by atoms with Crippen LogP contribution in [0.3, 0.4) is 0 Å². The highest BCUT2D eigenvalue weighted by atomic mass is 32.2. The third-order valence-electron chi connectivity index (χ3n) is 2.40. The van der Waals surface area contributed by atoms with E-state index < -0.39 is 0 Å². The molecular weight excluding hydrogens is 242 g/mol. The van der Waals surface area contributed by atoms with Crippen LogP contribution in [0.5, 0.6) is 0 Å². The number of aryl methyl sites for hydroxylation is 1. The third kappa shape index (κ3) is 3.74. The van der Waals surface area contributed by atoms with E-state index in [-0.39, 0.29) is 0 Å². The van der Waals surface area contributed by atoms with Crippen molar-refractivity contribution in [2.75, 3.05) is 11.9 Å². The Morgan fingerprint density at radius 3 is 2.67 bits per heavy atom. The monoisotopic (exact) mass is 259 g/mol. The lowest BCUT2D eigenvalue weighted by Crippen LogP contribution is -2.03. The molecule has 1 aromatic carbocycles.